The Hall–Kier alpha value is -2.24. The standard InChI is InChI=1S/C19H17ClN2O2S/c1-12-7-8-16(13(2)9-12)21-11-22-18(23)17(25-19(22)24)10-14-5-3-4-6-15(14)20/h3-10,21H,11H2,1-2H3/b17-10+. The van der Waals surface area contributed by atoms with E-state index in [0.29, 0.717) is 9.93 Å². The van der Waals surface area contributed by atoms with Crippen LogP contribution >= 0.6 is 23.4 Å². The van der Waals surface area contributed by atoms with Crippen molar-refractivity contribution in [1.29, 1.82) is 0 Å². The number of imide groups is 1. The quantitative estimate of drug-likeness (QED) is 0.762. The third-order valence-corrected chi connectivity index (χ3v) is 5.13. The van der Waals surface area contributed by atoms with E-state index in [1.165, 1.54) is 4.90 Å². The summed E-state index contributed by atoms with van der Waals surface area (Å²) >= 11 is 7.05. The smallest absolute Gasteiger partial charge is 0.295 e. The van der Waals surface area contributed by atoms with Crippen LogP contribution in [0.3, 0.4) is 0 Å². The molecule has 0 bridgehead atoms. The van der Waals surface area contributed by atoms with Crippen LogP contribution < -0.4 is 5.32 Å². The highest BCUT2D eigenvalue weighted by atomic mass is 35.5. The number of hydrogen-bond acceptors (Lipinski definition) is 4. The molecule has 0 spiro atoms. The van der Waals surface area contributed by atoms with Crippen LogP contribution in [0.1, 0.15) is 16.7 Å². The van der Waals surface area contributed by atoms with Gasteiger partial charge in [-0.05, 0) is 54.9 Å². The number of amides is 2. The topological polar surface area (TPSA) is 49.4 Å². The molecule has 1 heterocycles. The van der Waals surface area contributed by atoms with E-state index in [9.17, 15) is 9.59 Å². The van der Waals surface area contributed by atoms with Gasteiger partial charge >= 0.3 is 0 Å². The van der Waals surface area contributed by atoms with E-state index in [1.807, 2.05) is 50.2 Å². The monoisotopic (exact) mass is 372 g/mol. The number of nitrogens with zero attached hydrogens (tertiary/aromatic N) is 1. The first kappa shape index (κ1) is 17.6. The molecule has 128 valence electrons. The minimum Gasteiger partial charge on any atom is -0.367 e. The zero-order valence-electron chi connectivity index (χ0n) is 13.9. The number of halogens is 1. The van der Waals surface area contributed by atoms with Crippen molar-refractivity contribution >= 4 is 46.3 Å². The summed E-state index contributed by atoms with van der Waals surface area (Å²) in [4.78, 5) is 26.3. The average molecular weight is 373 g/mol. The zero-order valence-corrected chi connectivity index (χ0v) is 15.4. The average Bonchev–Trinajstić information content (AvgIpc) is 2.83. The molecule has 1 saturated heterocycles. The number of rotatable bonds is 4. The fourth-order valence-corrected chi connectivity index (χ4v) is 3.57. The van der Waals surface area contributed by atoms with Gasteiger partial charge < -0.3 is 5.32 Å². The van der Waals surface area contributed by atoms with Crippen LogP contribution in [-0.2, 0) is 4.79 Å². The van der Waals surface area contributed by atoms with Crippen molar-refractivity contribution in [1.82, 2.24) is 4.90 Å². The summed E-state index contributed by atoms with van der Waals surface area (Å²) in [6.07, 6.45) is 1.66. The maximum absolute atomic E-state index is 12.5. The molecule has 25 heavy (non-hydrogen) atoms. The molecule has 2 amide bonds. The first-order chi connectivity index (χ1) is 12.0. The molecule has 4 nitrogen and oxygen atoms in total. The van der Waals surface area contributed by atoms with Gasteiger partial charge in [0.1, 0.15) is 0 Å². The summed E-state index contributed by atoms with van der Waals surface area (Å²) in [5, 5.41) is 3.41. The summed E-state index contributed by atoms with van der Waals surface area (Å²) in [7, 11) is 0. The van der Waals surface area contributed by atoms with E-state index in [-0.39, 0.29) is 17.8 Å². The Balaban J connectivity index is 1.74. The SMILES string of the molecule is Cc1ccc(NCN2C(=O)S/C(=C/c3ccccc3Cl)C2=O)c(C)c1. The first-order valence-electron chi connectivity index (χ1n) is 7.77. The summed E-state index contributed by atoms with van der Waals surface area (Å²) < 4.78 is 0. The molecule has 1 N–H and O–H groups in total. The van der Waals surface area contributed by atoms with Crippen molar-refractivity contribution in [3.05, 3.63) is 69.1 Å². The number of hydrogen-bond donors (Lipinski definition) is 1. The summed E-state index contributed by atoms with van der Waals surface area (Å²) in [5.74, 6) is -0.313. The number of carbonyl (C=O) groups is 2. The van der Waals surface area contributed by atoms with Crippen molar-refractivity contribution in [3.63, 3.8) is 0 Å². The molecule has 6 heteroatoms. The largest absolute Gasteiger partial charge is 0.367 e. The molecular formula is C19H17ClN2O2S. The summed E-state index contributed by atoms with van der Waals surface area (Å²) in [6, 6.07) is 13.2. The van der Waals surface area contributed by atoms with Crippen LogP contribution in [0, 0.1) is 13.8 Å². The maximum atomic E-state index is 12.5. The van der Waals surface area contributed by atoms with Crippen molar-refractivity contribution in [2.75, 3.05) is 12.0 Å². The van der Waals surface area contributed by atoms with Gasteiger partial charge in [0.05, 0.1) is 11.6 Å². The van der Waals surface area contributed by atoms with E-state index >= 15 is 0 Å². The van der Waals surface area contributed by atoms with Crippen LogP contribution in [0.5, 0.6) is 0 Å². The van der Waals surface area contributed by atoms with E-state index in [4.69, 9.17) is 11.6 Å². The zero-order chi connectivity index (χ0) is 18.0. The molecule has 2 aromatic rings. The highest BCUT2D eigenvalue weighted by Crippen LogP contribution is 2.33. The Morgan fingerprint density at radius 3 is 2.64 bits per heavy atom. The van der Waals surface area contributed by atoms with Crippen LogP contribution in [-0.4, -0.2) is 22.7 Å². The van der Waals surface area contributed by atoms with Crippen molar-refractivity contribution in [3.8, 4) is 0 Å². The molecule has 0 aliphatic carbocycles. The van der Waals surface area contributed by atoms with Gasteiger partial charge in [0, 0.05) is 10.7 Å². The third kappa shape index (κ3) is 3.89. The lowest BCUT2D eigenvalue weighted by atomic mass is 10.1. The van der Waals surface area contributed by atoms with E-state index in [1.54, 1.807) is 12.1 Å². The summed E-state index contributed by atoms with van der Waals surface area (Å²) in [5.41, 5.74) is 3.85. The summed E-state index contributed by atoms with van der Waals surface area (Å²) in [6.45, 7) is 4.14. The van der Waals surface area contributed by atoms with Gasteiger partial charge in [-0.15, -0.1) is 0 Å². The second-order valence-electron chi connectivity index (χ2n) is 5.78. The second-order valence-corrected chi connectivity index (χ2v) is 7.18. The van der Waals surface area contributed by atoms with Gasteiger partial charge in [0.15, 0.2) is 0 Å². The molecule has 1 fully saturated rings. The Morgan fingerprint density at radius 1 is 1.16 bits per heavy atom. The van der Waals surface area contributed by atoms with Gasteiger partial charge in [-0.2, -0.15) is 0 Å². The maximum Gasteiger partial charge on any atom is 0.295 e. The highest BCUT2D eigenvalue weighted by molar-refractivity contribution is 8.18. The number of benzene rings is 2. The third-order valence-electron chi connectivity index (χ3n) is 3.87. The molecular weight excluding hydrogens is 356 g/mol. The van der Waals surface area contributed by atoms with Crippen LogP contribution in [0.15, 0.2) is 47.4 Å². The molecule has 2 aromatic carbocycles. The lowest BCUT2D eigenvalue weighted by molar-refractivity contribution is -0.122. The Kier molecular flexibility index (Phi) is 5.16. The molecule has 0 saturated carbocycles. The number of nitrogens with one attached hydrogen (secondary N) is 1. The van der Waals surface area contributed by atoms with Crippen LogP contribution in [0.2, 0.25) is 5.02 Å². The molecule has 0 atom stereocenters. The van der Waals surface area contributed by atoms with E-state index < -0.39 is 0 Å². The van der Waals surface area contributed by atoms with E-state index in [0.717, 1.165) is 34.1 Å². The van der Waals surface area contributed by atoms with Gasteiger partial charge in [-0.1, -0.05) is 47.5 Å². The number of anilines is 1. The lowest BCUT2D eigenvalue weighted by Crippen LogP contribution is -2.33. The fraction of sp³-hybridized carbons (Fsp3) is 0.158. The van der Waals surface area contributed by atoms with Gasteiger partial charge in [0.2, 0.25) is 0 Å². The molecule has 1 aliphatic heterocycles. The highest BCUT2D eigenvalue weighted by Gasteiger charge is 2.34. The van der Waals surface area contributed by atoms with Gasteiger partial charge in [-0.25, -0.2) is 0 Å². The van der Waals surface area contributed by atoms with Crippen LogP contribution in [0.25, 0.3) is 6.08 Å². The van der Waals surface area contributed by atoms with Crippen molar-refractivity contribution in [2.24, 2.45) is 0 Å². The van der Waals surface area contributed by atoms with Gasteiger partial charge in [0.25, 0.3) is 11.1 Å². The van der Waals surface area contributed by atoms with E-state index in [2.05, 4.69) is 5.32 Å². The van der Waals surface area contributed by atoms with Crippen LogP contribution in [0.4, 0.5) is 10.5 Å². The van der Waals surface area contributed by atoms with Crippen molar-refractivity contribution in [2.45, 2.75) is 13.8 Å². The minimum atomic E-state index is -0.313. The van der Waals surface area contributed by atoms with Gasteiger partial charge in [-0.3, -0.25) is 14.5 Å². The second kappa shape index (κ2) is 7.33. The number of carbonyl (C=O) groups excluding carboxylic acids is 2. The first-order valence-corrected chi connectivity index (χ1v) is 8.96. The fourth-order valence-electron chi connectivity index (χ4n) is 2.55. The lowest BCUT2D eigenvalue weighted by Gasteiger charge is -2.16. The molecule has 0 aromatic heterocycles. The minimum absolute atomic E-state index is 0.133. The molecule has 1 aliphatic rings. The Labute approximate surface area is 155 Å². The molecule has 3 rings (SSSR count). The Morgan fingerprint density at radius 2 is 1.92 bits per heavy atom. The van der Waals surface area contributed by atoms with Crippen molar-refractivity contribution < 1.29 is 9.59 Å². The predicted molar refractivity (Wildman–Crippen MR) is 104 cm³/mol. The number of thioether (sulfide) groups is 1. The Bertz CT molecular complexity index is 879. The molecule has 0 radical (unpaired) electrons. The number of aryl methyl sites for hydroxylation is 2. The predicted octanol–water partition coefficient (Wildman–Crippen LogP) is 5.06. The molecule has 0 unspecified atom stereocenters. The normalized spacial score (nSPS) is 16.0.